The first-order valence-corrected chi connectivity index (χ1v) is 5.60. The molecule has 0 unspecified atom stereocenters. The quantitative estimate of drug-likeness (QED) is 0.817. The number of benzene rings is 2. The molecule has 5 heteroatoms. The van der Waals surface area contributed by atoms with Gasteiger partial charge in [-0.25, -0.2) is 8.78 Å². The van der Waals surface area contributed by atoms with Crippen molar-refractivity contribution in [3.63, 3.8) is 0 Å². The number of anilines is 2. The second-order valence-corrected chi connectivity index (χ2v) is 4.17. The molecule has 0 spiro atoms. The minimum Gasteiger partial charge on any atom is -0.397 e. The number of carbonyl (C=O) groups excluding carboxylic acids is 1. The van der Waals surface area contributed by atoms with Crippen LogP contribution in [0.5, 0.6) is 0 Å². The summed E-state index contributed by atoms with van der Waals surface area (Å²) in [6.45, 7) is 1.72. The number of nitrogens with one attached hydrogen (secondary N) is 1. The van der Waals surface area contributed by atoms with Crippen LogP contribution in [-0.2, 0) is 0 Å². The van der Waals surface area contributed by atoms with Crippen molar-refractivity contribution in [2.24, 2.45) is 0 Å². The van der Waals surface area contributed by atoms with Gasteiger partial charge in [0.1, 0.15) is 11.6 Å². The lowest BCUT2D eigenvalue weighted by molar-refractivity contribution is 0.102. The molecule has 0 radical (unpaired) electrons. The lowest BCUT2D eigenvalue weighted by Crippen LogP contribution is -2.15. The van der Waals surface area contributed by atoms with E-state index in [2.05, 4.69) is 5.32 Å². The summed E-state index contributed by atoms with van der Waals surface area (Å²) in [7, 11) is 0. The molecule has 0 bridgehead atoms. The molecule has 1 amide bonds. The predicted octanol–water partition coefficient (Wildman–Crippen LogP) is 3.11. The third-order valence-corrected chi connectivity index (χ3v) is 2.63. The molecule has 0 aliphatic heterocycles. The third kappa shape index (κ3) is 2.88. The maximum absolute atomic E-state index is 13.6. The Hall–Kier alpha value is -2.43. The zero-order valence-electron chi connectivity index (χ0n) is 10.2. The molecule has 0 saturated carbocycles. The van der Waals surface area contributed by atoms with Crippen LogP contribution >= 0.6 is 0 Å². The van der Waals surface area contributed by atoms with E-state index in [1.165, 1.54) is 18.2 Å². The van der Waals surface area contributed by atoms with Crippen LogP contribution in [0.4, 0.5) is 20.2 Å². The van der Waals surface area contributed by atoms with Gasteiger partial charge < -0.3 is 11.1 Å². The average Bonchev–Trinajstić information content (AvgIpc) is 2.32. The monoisotopic (exact) mass is 262 g/mol. The molecular formula is C14H12F2N2O. The Morgan fingerprint density at radius 3 is 2.53 bits per heavy atom. The standard InChI is InChI=1S/C14H12F2N2O/c1-8-2-4-10(11(16)6-8)14(19)18-13-5-3-9(15)7-12(13)17/h2-7H,17H2,1H3,(H,18,19). The van der Waals surface area contributed by atoms with Crippen molar-refractivity contribution in [3.8, 4) is 0 Å². The van der Waals surface area contributed by atoms with Crippen molar-refractivity contribution in [2.75, 3.05) is 11.1 Å². The third-order valence-electron chi connectivity index (χ3n) is 2.63. The van der Waals surface area contributed by atoms with Crippen LogP contribution in [0.1, 0.15) is 15.9 Å². The fourth-order valence-corrected chi connectivity index (χ4v) is 1.64. The van der Waals surface area contributed by atoms with Gasteiger partial charge in [0.05, 0.1) is 16.9 Å². The topological polar surface area (TPSA) is 55.1 Å². The maximum atomic E-state index is 13.6. The normalized spacial score (nSPS) is 10.3. The molecule has 0 aliphatic rings. The summed E-state index contributed by atoms with van der Waals surface area (Å²) in [4.78, 5) is 11.9. The Bertz CT molecular complexity index is 641. The van der Waals surface area contributed by atoms with Crippen molar-refractivity contribution in [1.29, 1.82) is 0 Å². The first kappa shape index (κ1) is 13.0. The largest absolute Gasteiger partial charge is 0.397 e. The molecule has 2 aromatic carbocycles. The number of aryl methyl sites for hydroxylation is 1. The minimum atomic E-state index is -0.629. The zero-order chi connectivity index (χ0) is 14.0. The molecule has 2 rings (SSSR count). The maximum Gasteiger partial charge on any atom is 0.258 e. The Labute approximate surface area is 109 Å². The Morgan fingerprint density at radius 1 is 1.16 bits per heavy atom. The van der Waals surface area contributed by atoms with Gasteiger partial charge in [-0.15, -0.1) is 0 Å². The Morgan fingerprint density at radius 2 is 1.89 bits per heavy atom. The van der Waals surface area contributed by atoms with Gasteiger partial charge in [0.2, 0.25) is 0 Å². The summed E-state index contributed by atoms with van der Waals surface area (Å²) >= 11 is 0. The highest BCUT2D eigenvalue weighted by molar-refractivity contribution is 6.05. The summed E-state index contributed by atoms with van der Waals surface area (Å²) in [5, 5.41) is 2.44. The fraction of sp³-hybridized carbons (Fsp3) is 0.0714. The number of hydrogen-bond donors (Lipinski definition) is 2. The van der Waals surface area contributed by atoms with Crippen molar-refractivity contribution in [1.82, 2.24) is 0 Å². The van der Waals surface area contributed by atoms with Crippen LogP contribution in [0.2, 0.25) is 0 Å². The highest BCUT2D eigenvalue weighted by Gasteiger charge is 2.13. The van der Waals surface area contributed by atoms with Crippen molar-refractivity contribution in [2.45, 2.75) is 6.92 Å². The number of rotatable bonds is 2. The Kier molecular flexibility index (Phi) is 3.46. The van der Waals surface area contributed by atoms with Crippen LogP contribution in [0.15, 0.2) is 36.4 Å². The highest BCUT2D eigenvalue weighted by atomic mass is 19.1. The van der Waals surface area contributed by atoms with Gasteiger partial charge in [0.15, 0.2) is 0 Å². The van der Waals surface area contributed by atoms with E-state index in [9.17, 15) is 13.6 Å². The number of carbonyl (C=O) groups is 1. The van der Waals surface area contributed by atoms with Gasteiger partial charge in [-0.3, -0.25) is 4.79 Å². The molecule has 3 nitrogen and oxygen atoms in total. The van der Waals surface area contributed by atoms with E-state index >= 15 is 0 Å². The van der Waals surface area contributed by atoms with E-state index in [4.69, 9.17) is 5.73 Å². The van der Waals surface area contributed by atoms with Gasteiger partial charge >= 0.3 is 0 Å². The molecule has 3 N–H and O–H groups in total. The second kappa shape index (κ2) is 5.06. The average molecular weight is 262 g/mol. The van der Waals surface area contributed by atoms with E-state index in [0.29, 0.717) is 0 Å². The molecule has 0 heterocycles. The summed E-state index contributed by atoms with van der Waals surface area (Å²) in [6, 6.07) is 7.86. The molecule has 0 atom stereocenters. The lowest BCUT2D eigenvalue weighted by Gasteiger charge is -2.09. The van der Waals surface area contributed by atoms with Crippen LogP contribution in [-0.4, -0.2) is 5.91 Å². The number of halogens is 2. The molecule has 0 aromatic heterocycles. The molecule has 19 heavy (non-hydrogen) atoms. The van der Waals surface area contributed by atoms with Crippen LogP contribution in [0, 0.1) is 18.6 Å². The van der Waals surface area contributed by atoms with E-state index in [1.54, 1.807) is 13.0 Å². The number of nitrogen functional groups attached to an aromatic ring is 1. The van der Waals surface area contributed by atoms with Gasteiger partial charge in [-0.1, -0.05) is 6.07 Å². The number of amides is 1. The second-order valence-electron chi connectivity index (χ2n) is 4.17. The first-order valence-electron chi connectivity index (χ1n) is 5.60. The number of nitrogens with two attached hydrogens (primary N) is 1. The van der Waals surface area contributed by atoms with Crippen LogP contribution in [0.3, 0.4) is 0 Å². The molecule has 2 aromatic rings. The van der Waals surface area contributed by atoms with Crippen LogP contribution in [0.25, 0.3) is 0 Å². The smallest absolute Gasteiger partial charge is 0.258 e. The summed E-state index contributed by atoms with van der Waals surface area (Å²) in [5.41, 5.74) is 6.52. The van der Waals surface area contributed by atoms with Gasteiger partial charge in [0.25, 0.3) is 5.91 Å². The summed E-state index contributed by atoms with van der Waals surface area (Å²) in [6.07, 6.45) is 0. The SMILES string of the molecule is Cc1ccc(C(=O)Nc2ccc(F)cc2N)c(F)c1. The van der Waals surface area contributed by atoms with Crippen molar-refractivity contribution in [3.05, 3.63) is 59.2 Å². The van der Waals surface area contributed by atoms with Gasteiger partial charge in [-0.2, -0.15) is 0 Å². The van der Waals surface area contributed by atoms with E-state index < -0.39 is 17.5 Å². The molecule has 0 saturated heterocycles. The van der Waals surface area contributed by atoms with E-state index in [0.717, 1.165) is 17.7 Å². The predicted molar refractivity (Wildman–Crippen MR) is 69.9 cm³/mol. The van der Waals surface area contributed by atoms with Gasteiger partial charge in [-0.05, 0) is 42.8 Å². The molecule has 0 fully saturated rings. The summed E-state index contributed by atoms with van der Waals surface area (Å²) in [5.74, 6) is -1.74. The molecular weight excluding hydrogens is 250 g/mol. The minimum absolute atomic E-state index is 0.0841. The van der Waals surface area contributed by atoms with E-state index in [1.807, 2.05) is 0 Å². The van der Waals surface area contributed by atoms with Crippen molar-refractivity contribution < 1.29 is 13.6 Å². The first-order chi connectivity index (χ1) is 8.97. The van der Waals surface area contributed by atoms with Crippen molar-refractivity contribution >= 4 is 17.3 Å². The molecule has 0 aliphatic carbocycles. The Balaban J connectivity index is 2.25. The highest BCUT2D eigenvalue weighted by Crippen LogP contribution is 2.20. The van der Waals surface area contributed by atoms with E-state index in [-0.39, 0.29) is 16.9 Å². The van der Waals surface area contributed by atoms with Gasteiger partial charge in [0, 0.05) is 0 Å². The summed E-state index contributed by atoms with van der Waals surface area (Å²) < 4.78 is 26.5. The number of hydrogen-bond acceptors (Lipinski definition) is 2. The fourth-order valence-electron chi connectivity index (χ4n) is 1.64. The van der Waals surface area contributed by atoms with Crippen LogP contribution < -0.4 is 11.1 Å². The lowest BCUT2D eigenvalue weighted by atomic mass is 10.1. The zero-order valence-corrected chi connectivity index (χ0v) is 10.2. The molecule has 98 valence electrons.